The summed E-state index contributed by atoms with van der Waals surface area (Å²) in [7, 11) is 0. The summed E-state index contributed by atoms with van der Waals surface area (Å²) in [6.45, 7) is 10.2. The number of fused-ring (bicyclic) bond motifs is 15. The highest BCUT2D eigenvalue weighted by atomic mass is 15.1. The Labute approximate surface area is 133 Å². The Balaban J connectivity index is 2.03. The van der Waals surface area contributed by atoms with Crippen LogP contribution < -0.4 is 43.4 Å². The predicted molar refractivity (Wildman–Crippen MR) is 91.1 cm³/mol. The zero-order valence-corrected chi connectivity index (χ0v) is 13.6. The van der Waals surface area contributed by atoms with Crippen molar-refractivity contribution in [3.05, 3.63) is 0 Å². The lowest BCUT2D eigenvalue weighted by atomic mass is 9.99. The SMILES string of the molecule is NC12CNCCNCC(N)(CNCCNC1)CNCCNC2. The molecule has 22 heavy (non-hydrogen) atoms. The zero-order chi connectivity index (χ0) is 15.7. The maximum atomic E-state index is 6.55. The van der Waals surface area contributed by atoms with Crippen LogP contribution in [0.5, 0.6) is 0 Å². The molecule has 3 rings (SSSR count). The van der Waals surface area contributed by atoms with E-state index in [1.807, 2.05) is 0 Å². The molecule has 3 aliphatic heterocycles. The molecule has 0 aromatic carbocycles. The molecule has 0 spiro atoms. The predicted octanol–water partition coefficient (Wildman–Crippen LogP) is -4.05. The highest BCUT2D eigenvalue weighted by molar-refractivity contribution is 4.94. The van der Waals surface area contributed by atoms with Crippen molar-refractivity contribution in [1.29, 1.82) is 0 Å². The molecule has 0 amide bonds. The third-order valence-corrected chi connectivity index (χ3v) is 4.30. The molecular formula is C14H34N8. The molecule has 3 saturated heterocycles. The van der Waals surface area contributed by atoms with Crippen LogP contribution in [0.15, 0.2) is 0 Å². The van der Waals surface area contributed by atoms with E-state index in [1.54, 1.807) is 0 Å². The average molecular weight is 314 g/mol. The minimum Gasteiger partial charge on any atom is -0.322 e. The summed E-state index contributed by atoms with van der Waals surface area (Å²) in [5.74, 6) is 0. The number of rotatable bonds is 0. The minimum absolute atomic E-state index is 0.272. The Morgan fingerprint density at radius 1 is 0.409 bits per heavy atom. The zero-order valence-electron chi connectivity index (χ0n) is 13.6. The topological polar surface area (TPSA) is 124 Å². The van der Waals surface area contributed by atoms with Gasteiger partial charge in [-0.3, -0.25) is 0 Å². The second-order valence-corrected chi connectivity index (χ2v) is 6.79. The standard InChI is InChI=1S/C14H34N8/c15-13-7-17-1-2-18-8-14(16,11-21-5-3-19-9-13)12-22-6-4-20-10-13/h17-22H,1-12,15-16H2. The maximum Gasteiger partial charge on any atom is 0.0533 e. The van der Waals surface area contributed by atoms with Gasteiger partial charge in [0.15, 0.2) is 0 Å². The van der Waals surface area contributed by atoms with E-state index in [9.17, 15) is 0 Å². The molecular weight excluding hydrogens is 280 g/mol. The van der Waals surface area contributed by atoms with Crippen molar-refractivity contribution >= 4 is 0 Å². The van der Waals surface area contributed by atoms with Gasteiger partial charge in [-0.05, 0) is 0 Å². The summed E-state index contributed by atoms with van der Waals surface area (Å²) in [6, 6.07) is 0. The summed E-state index contributed by atoms with van der Waals surface area (Å²) in [5, 5.41) is 20.8. The summed E-state index contributed by atoms with van der Waals surface area (Å²) >= 11 is 0. The molecule has 130 valence electrons. The van der Waals surface area contributed by atoms with Gasteiger partial charge in [0.2, 0.25) is 0 Å². The van der Waals surface area contributed by atoms with E-state index in [2.05, 4.69) is 31.9 Å². The van der Waals surface area contributed by atoms with Gasteiger partial charge in [0.05, 0.1) is 11.1 Å². The number of nitrogens with two attached hydrogens (primary N) is 2. The van der Waals surface area contributed by atoms with Crippen LogP contribution in [0.25, 0.3) is 0 Å². The highest BCUT2D eigenvalue weighted by Gasteiger charge is 2.26. The Kier molecular flexibility index (Phi) is 7.45. The van der Waals surface area contributed by atoms with Crippen molar-refractivity contribution in [2.24, 2.45) is 11.5 Å². The average Bonchev–Trinajstić information content (AvgIpc) is 2.49. The monoisotopic (exact) mass is 314 g/mol. The summed E-state index contributed by atoms with van der Waals surface area (Å²) in [6.07, 6.45) is 0. The van der Waals surface area contributed by atoms with E-state index >= 15 is 0 Å². The molecule has 0 aliphatic carbocycles. The fourth-order valence-corrected chi connectivity index (χ4v) is 2.93. The lowest BCUT2D eigenvalue weighted by molar-refractivity contribution is 0.317. The van der Waals surface area contributed by atoms with Gasteiger partial charge in [-0.1, -0.05) is 0 Å². The van der Waals surface area contributed by atoms with Crippen LogP contribution in [0.4, 0.5) is 0 Å². The molecule has 3 heterocycles. The van der Waals surface area contributed by atoms with E-state index in [0.717, 1.165) is 78.5 Å². The van der Waals surface area contributed by atoms with Crippen molar-refractivity contribution in [2.45, 2.75) is 11.1 Å². The molecule has 3 aliphatic rings. The van der Waals surface area contributed by atoms with Crippen molar-refractivity contribution in [1.82, 2.24) is 31.9 Å². The number of hydrogen-bond acceptors (Lipinski definition) is 8. The van der Waals surface area contributed by atoms with Gasteiger partial charge in [-0.25, -0.2) is 0 Å². The Morgan fingerprint density at radius 3 is 0.773 bits per heavy atom. The van der Waals surface area contributed by atoms with Crippen molar-refractivity contribution < 1.29 is 0 Å². The number of nitrogens with one attached hydrogen (secondary N) is 6. The van der Waals surface area contributed by atoms with Gasteiger partial charge >= 0.3 is 0 Å². The van der Waals surface area contributed by atoms with Gasteiger partial charge in [-0.15, -0.1) is 0 Å². The van der Waals surface area contributed by atoms with Crippen LogP contribution in [0, 0.1) is 0 Å². The quantitative estimate of drug-likeness (QED) is 0.227. The molecule has 0 aromatic heterocycles. The summed E-state index contributed by atoms with van der Waals surface area (Å²) < 4.78 is 0. The molecule has 0 unspecified atom stereocenters. The summed E-state index contributed by atoms with van der Waals surface area (Å²) in [4.78, 5) is 0. The van der Waals surface area contributed by atoms with E-state index in [1.165, 1.54) is 0 Å². The van der Waals surface area contributed by atoms with Crippen LogP contribution in [-0.4, -0.2) is 89.6 Å². The van der Waals surface area contributed by atoms with Crippen molar-refractivity contribution in [3.63, 3.8) is 0 Å². The van der Waals surface area contributed by atoms with Crippen LogP contribution in [-0.2, 0) is 0 Å². The van der Waals surface area contributed by atoms with E-state index in [0.29, 0.717) is 0 Å². The van der Waals surface area contributed by atoms with Crippen molar-refractivity contribution in [3.8, 4) is 0 Å². The van der Waals surface area contributed by atoms with E-state index in [-0.39, 0.29) is 11.1 Å². The van der Waals surface area contributed by atoms with Crippen LogP contribution >= 0.6 is 0 Å². The van der Waals surface area contributed by atoms with Gasteiger partial charge in [0, 0.05) is 78.5 Å². The van der Waals surface area contributed by atoms with Gasteiger partial charge in [-0.2, -0.15) is 0 Å². The maximum absolute atomic E-state index is 6.55. The van der Waals surface area contributed by atoms with Gasteiger partial charge in [0.1, 0.15) is 0 Å². The lowest BCUT2D eigenvalue weighted by Crippen LogP contribution is -2.65. The molecule has 0 atom stereocenters. The second kappa shape index (κ2) is 9.09. The Hall–Kier alpha value is -0.320. The molecule has 0 saturated carbocycles. The first-order valence-corrected chi connectivity index (χ1v) is 8.44. The third kappa shape index (κ3) is 6.43. The van der Waals surface area contributed by atoms with Crippen LogP contribution in [0.3, 0.4) is 0 Å². The minimum atomic E-state index is -0.272. The smallest absolute Gasteiger partial charge is 0.0533 e. The molecule has 10 N–H and O–H groups in total. The molecule has 8 heteroatoms. The molecule has 0 aromatic rings. The number of hydrogen-bond donors (Lipinski definition) is 8. The van der Waals surface area contributed by atoms with E-state index in [4.69, 9.17) is 11.5 Å². The Bertz CT molecular complexity index is 238. The Morgan fingerprint density at radius 2 is 0.591 bits per heavy atom. The van der Waals surface area contributed by atoms with Crippen LogP contribution in [0.1, 0.15) is 0 Å². The normalized spacial score (nSPS) is 37.4. The van der Waals surface area contributed by atoms with Gasteiger partial charge in [0.25, 0.3) is 0 Å². The van der Waals surface area contributed by atoms with Crippen LogP contribution in [0.2, 0.25) is 0 Å². The first-order valence-electron chi connectivity index (χ1n) is 8.44. The first-order chi connectivity index (χ1) is 10.6. The highest BCUT2D eigenvalue weighted by Crippen LogP contribution is 1.99. The molecule has 0 radical (unpaired) electrons. The fraction of sp³-hybridized carbons (Fsp3) is 1.00. The van der Waals surface area contributed by atoms with Crippen molar-refractivity contribution in [2.75, 3.05) is 78.5 Å². The van der Waals surface area contributed by atoms with Gasteiger partial charge < -0.3 is 43.4 Å². The summed E-state index contributed by atoms with van der Waals surface area (Å²) in [5.41, 5.74) is 12.6. The molecule has 2 bridgehead atoms. The largest absolute Gasteiger partial charge is 0.322 e. The lowest BCUT2D eigenvalue weighted by Gasteiger charge is -2.34. The first kappa shape index (κ1) is 18.0. The van der Waals surface area contributed by atoms with E-state index < -0.39 is 0 Å². The third-order valence-electron chi connectivity index (χ3n) is 4.30. The second-order valence-electron chi connectivity index (χ2n) is 6.79. The molecule has 8 nitrogen and oxygen atoms in total. The molecule has 3 fully saturated rings. The fourth-order valence-electron chi connectivity index (χ4n) is 2.93.